The topological polar surface area (TPSA) is 127 Å². The molecule has 118 valence electrons. The van der Waals surface area contributed by atoms with Crippen molar-refractivity contribution in [1.82, 2.24) is 15.5 Å². The number of primary sulfonamides is 1. The van der Waals surface area contributed by atoms with Gasteiger partial charge in [0.05, 0.1) is 17.8 Å². The summed E-state index contributed by atoms with van der Waals surface area (Å²) in [4.78, 5) is 12.1. The number of hydrogen-bond donors (Lipinski definition) is 3. The van der Waals surface area contributed by atoms with Gasteiger partial charge in [-0.2, -0.15) is 5.10 Å². The van der Waals surface area contributed by atoms with Crippen LogP contribution in [0.25, 0.3) is 0 Å². The molecule has 1 fully saturated rings. The van der Waals surface area contributed by atoms with Crippen LogP contribution >= 0.6 is 0 Å². The van der Waals surface area contributed by atoms with Gasteiger partial charge in [0.1, 0.15) is 4.90 Å². The summed E-state index contributed by atoms with van der Waals surface area (Å²) in [5.74, 6) is -0.729. The van der Waals surface area contributed by atoms with Gasteiger partial charge in [-0.05, 0) is 19.3 Å². The van der Waals surface area contributed by atoms with Crippen molar-refractivity contribution in [3.05, 3.63) is 11.4 Å². The standard InChI is InChI=1S/C12H20N4O4S/c1-7(2)8-10(21(13,18)19)9(16-15-8)11(17)14-12(3)4-5-20-6-12/h7H,4-6H2,1-3H3,(H,14,17)(H,15,16)(H2,13,18,19). The van der Waals surface area contributed by atoms with E-state index in [1.807, 2.05) is 6.92 Å². The van der Waals surface area contributed by atoms with E-state index in [-0.39, 0.29) is 16.5 Å². The van der Waals surface area contributed by atoms with Crippen molar-refractivity contribution in [3.8, 4) is 0 Å². The maximum atomic E-state index is 12.3. The second kappa shape index (κ2) is 5.39. The number of nitrogens with zero attached hydrogens (tertiary/aromatic N) is 1. The number of ether oxygens (including phenoxy) is 1. The Morgan fingerprint density at radius 1 is 1.52 bits per heavy atom. The quantitative estimate of drug-likeness (QED) is 0.725. The Labute approximate surface area is 123 Å². The van der Waals surface area contributed by atoms with Gasteiger partial charge in [0, 0.05) is 6.61 Å². The third kappa shape index (κ3) is 3.25. The van der Waals surface area contributed by atoms with Gasteiger partial charge in [0.2, 0.25) is 10.0 Å². The van der Waals surface area contributed by atoms with Crippen molar-refractivity contribution in [2.24, 2.45) is 5.14 Å². The smallest absolute Gasteiger partial charge is 0.273 e. The number of carbonyl (C=O) groups excluding carboxylic acids is 1. The number of carbonyl (C=O) groups is 1. The molecule has 0 bridgehead atoms. The van der Waals surface area contributed by atoms with E-state index in [0.717, 1.165) is 0 Å². The SMILES string of the molecule is CC(C)c1[nH]nc(C(=O)NC2(C)CCOC2)c1S(N)(=O)=O. The van der Waals surface area contributed by atoms with E-state index in [1.165, 1.54) is 0 Å². The number of H-pyrrole nitrogens is 1. The number of aromatic nitrogens is 2. The van der Waals surface area contributed by atoms with Gasteiger partial charge < -0.3 is 10.1 Å². The number of amides is 1. The van der Waals surface area contributed by atoms with Crippen LogP contribution in [0.5, 0.6) is 0 Å². The van der Waals surface area contributed by atoms with Crippen LogP contribution in [0.3, 0.4) is 0 Å². The molecule has 9 heteroatoms. The molecular weight excluding hydrogens is 296 g/mol. The van der Waals surface area contributed by atoms with E-state index < -0.39 is 21.5 Å². The number of nitrogens with two attached hydrogens (primary N) is 1. The highest BCUT2D eigenvalue weighted by Crippen LogP contribution is 2.25. The fourth-order valence-electron chi connectivity index (χ4n) is 2.28. The van der Waals surface area contributed by atoms with Gasteiger partial charge >= 0.3 is 0 Å². The number of sulfonamides is 1. The molecule has 0 aromatic carbocycles. The first kappa shape index (κ1) is 15.9. The summed E-state index contributed by atoms with van der Waals surface area (Å²) < 4.78 is 28.8. The number of aromatic amines is 1. The van der Waals surface area contributed by atoms with E-state index in [1.54, 1.807) is 13.8 Å². The van der Waals surface area contributed by atoms with Crippen LogP contribution in [0, 0.1) is 0 Å². The maximum Gasteiger partial charge on any atom is 0.273 e. The van der Waals surface area contributed by atoms with Crippen molar-refractivity contribution in [1.29, 1.82) is 0 Å². The fraction of sp³-hybridized carbons (Fsp3) is 0.667. The van der Waals surface area contributed by atoms with E-state index in [0.29, 0.717) is 25.3 Å². The first-order valence-electron chi connectivity index (χ1n) is 6.65. The number of hydrogen-bond acceptors (Lipinski definition) is 5. The molecule has 0 saturated carbocycles. The van der Waals surface area contributed by atoms with Crippen LogP contribution in [-0.4, -0.2) is 43.3 Å². The van der Waals surface area contributed by atoms with Gasteiger partial charge in [-0.15, -0.1) is 0 Å². The lowest BCUT2D eigenvalue weighted by Gasteiger charge is -2.23. The second-order valence-corrected chi connectivity index (χ2v) is 7.33. The molecule has 21 heavy (non-hydrogen) atoms. The van der Waals surface area contributed by atoms with Gasteiger partial charge in [-0.3, -0.25) is 9.89 Å². The Kier molecular flexibility index (Phi) is 4.09. The highest BCUT2D eigenvalue weighted by Gasteiger charge is 2.35. The Balaban J connectivity index is 2.38. The zero-order valence-electron chi connectivity index (χ0n) is 12.3. The monoisotopic (exact) mass is 316 g/mol. The fourth-order valence-corrected chi connectivity index (χ4v) is 3.27. The molecule has 1 unspecified atom stereocenters. The minimum absolute atomic E-state index is 0.155. The third-order valence-corrected chi connectivity index (χ3v) is 4.44. The molecule has 1 aromatic rings. The van der Waals surface area contributed by atoms with E-state index in [2.05, 4.69) is 15.5 Å². The summed E-state index contributed by atoms with van der Waals surface area (Å²) in [6, 6.07) is 0. The Morgan fingerprint density at radius 2 is 2.19 bits per heavy atom. The zero-order valence-corrected chi connectivity index (χ0v) is 13.1. The van der Waals surface area contributed by atoms with E-state index in [9.17, 15) is 13.2 Å². The molecule has 1 saturated heterocycles. The molecule has 8 nitrogen and oxygen atoms in total. The lowest BCUT2D eigenvalue weighted by molar-refractivity contribution is 0.0881. The molecule has 0 aliphatic carbocycles. The third-order valence-electron chi connectivity index (χ3n) is 3.46. The molecule has 1 aliphatic heterocycles. The predicted octanol–water partition coefficient (Wildman–Crippen LogP) is 0.0893. The van der Waals surface area contributed by atoms with Crippen LogP contribution in [0.1, 0.15) is 49.3 Å². The second-order valence-electron chi connectivity index (χ2n) is 5.83. The molecule has 0 radical (unpaired) electrons. The normalized spacial score (nSPS) is 22.7. The van der Waals surface area contributed by atoms with E-state index in [4.69, 9.17) is 9.88 Å². The molecule has 1 atom stereocenters. The maximum absolute atomic E-state index is 12.3. The molecule has 4 N–H and O–H groups in total. The molecule has 1 amide bonds. The molecule has 2 rings (SSSR count). The minimum atomic E-state index is -4.05. The van der Waals surface area contributed by atoms with Crippen molar-refractivity contribution >= 4 is 15.9 Å². The van der Waals surface area contributed by atoms with Gasteiger partial charge in [-0.25, -0.2) is 13.6 Å². The highest BCUT2D eigenvalue weighted by molar-refractivity contribution is 7.89. The summed E-state index contributed by atoms with van der Waals surface area (Å²) in [5.41, 5.74) is -0.395. The summed E-state index contributed by atoms with van der Waals surface area (Å²) in [6.07, 6.45) is 0.658. The van der Waals surface area contributed by atoms with Gasteiger partial charge in [-0.1, -0.05) is 13.8 Å². The van der Waals surface area contributed by atoms with Crippen LogP contribution in [0.15, 0.2) is 4.90 Å². The minimum Gasteiger partial charge on any atom is -0.379 e. The summed E-state index contributed by atoms with van der Waals surface area (Å²) >= 11 is 0. The molecular formula is C12H20N4O4S. The van der Waals surface area contributed by atoms with Crippen LogP contribution in [-0.2, 0) is 14.8 Å². The average Bonchev–Trinajstić information content (AvgIpc) is 2.93. The van der Waals surface area contributed by atoms with Crippen molar-refractivity contribution in [2.75, 3.05) is 13.2 Å². The number of nitrogens with one attached hydrogen (secondary N) is 2. The summed E-state index contributed by atoms with van der Waals surface area (Å²) in [5, 5.41) is 14.4. The van der Waals surface area contributed by atoms with Crippen LogP contribution < -0.4 is 10.5 Å². The average molecular weight is 316 g/mol. The Morgan fingerprint density at radius 3 is 2.67 bits per heavy atom. The van der Waals surface area contributed by atoms with E-state index >= 15 is 0 Å². The first-order valence-corrected chi connectivity index (χ1v) is 8.20. The summed E-state index contributed by atoms with van der Waals surface area (Å²) in [6.45, 7) is 6.35. The highest BCUT2D eigenvalue weighted by atomic mass is 32.2. The zero-order chi connectivity index (χ0) is 15.8. The van der Waals surface area contributed by atoms with Crippen molar-refractivity contribution in [2.45, 2.75) is 43.5 Å². The molecule has 2 heterocycles. The van der Waals surface area contributed by atoms with Crippen LogP contribution in [0.2, 0.25) is 0 Å². The van der Waals surface area contributed by atoms with Crippen LogP contribution in [0.4, 0.5) is 0 Å². The van der Waals surface area contributed by atoms with Gasteiger partial charge in [0.25, 0.3) is 5.91 Å². The molecule has 1 aliphatic rings. The summed E-state index contributed by atoms with van der Waals surface area (Å²) in [7, 11) is -4.05. The lowest BCUT2D eigenvalue weighted by atomic mass is 10.0. The van der Waals surface area contributed by atoms with Crippen molar-refractivity contribution < 1.29 is 17.9 Å². The van der Waals surface area contributed by atoms with Gasteiger partial charge in [0.15, 0.2) is 5.69 Å². The van der Waals surface area contributed by atoms with Crippen molar-refractivity contribution in [3.63, 3.8) is 0 Å². The Bertz CT molecular complexity index is 644. The Hall–Kier alpha value is -1.45. The molecule has 0 spiro atoms. The first-order chi connectivity index (χ1) is 9.64. The predicted molar refractivity (Wildman–Crippen MR) is 75.4 cm³/mol. The molecule has 1 aromatic heterocycles. The largest absolute Gasteiger partial charge is 0.379 e. The number of rotatable bonds is 4. The lowest BCUT2D eigenvalue weighted by Crippen LogP contribution is -2.47.